The normalized spacial score (nSPS) is 11.9. The van der Waals surface area contributed by atoms with E-state index in [4.69, 9.17) is 16.3 Å². The molecule has 0 aliphatic rings. The maximum absolute atomic E-state index is 12.1. The van der Waals surface area contributed by atoms with Crippen LogP contribution in [0.1, 0.15) is 5.56 Å². The van der Waals surface area contributed by atoms with Crippen molar-refractivity contribution in [1.29, 1.82) is 0 Å². The highest BCUT2D eigenvalue weighted by molar-refractivity contribution is 6.32. The first kappa shape index (κ1) is 19.9. The Labute approximate surface area is 155 Å². The highest BCUT2D eigenvalue weighted by atomic mass is 35.5. The van der Waals surface area contributed by atoms with Crippen molar-refractivity contribution in [2.75, 3.05) is 26.0 Å². The minimum atomic E-state index is -2.84. The van der Waals surface area contributed by atoms with Crippen molar-refractivity contribution >= 4 is 23.2 Å². The molecular weight excluding hydrogens is 366 g/mol. The van der Waals surface area contributed by atoms with Crippen LogP contribution in [0, 0.1) is 0 Å². The number of halogens is 3. The average Bonchev–Trinajstić information content (AvgIpc) is 2.56. The SMILES string of the molecule is COc1ccc(NC(=O)C[NH+](C)Cc2ccc(OC(F)F)cc2)cc1Cl. The molecule has 0 fully saturated rings. The fourth-order valence-electron chi connectivity index (χ4n) is 2.42. The number of hydrogen-bond donors (Lipinski definition) is 2. The van der Waals surface area contributed by atoms with E-state index in [1.54, 1.807) is 30.3 Å². The highest BCUT2D eigenvalue weighted by Crippen LogP contribution is 2.27. The highest BCUT2D eigenvalue weighted by Gasteiger charge is 2.12. The Hall–Kier alpha value is -2.38. The largest absolute Gasteiger partial charge is 0.495 e. The second kappa shape index (κ2) is 9.35. The smallest absolute Gasteiger partial charge is 0.387 e. The quantitative estimate of drug-likeness (QED) is 0.734. The minimum Gasteiger partial charge on any atom is -0.495 e. The summed E-state index contributed by atoms with van der Waals surface area (Å²) >= 11 is 6.03. The number of likely N-dealkylation sites (N-methyl/N-ethyl adjacent to an activating group) is 1. The summed E-state index contributed by atoms with van der Waals surface area (Å²) in [5.41, 5.74) is 1.49. The lowest BCUT2D eigenvalue weighted by Gasteiger charge is -2.14. The Morgan fingerprint density at radius 2 is 1.92 bits per heavy atom. The summed E-state index contributed by atoms with van der Waals surface area (Å²) in [5, 5.41) is 3.19. The molecule has 2 rings (SSSR count). The summed E-state index contributed by atoms with van der Waals surface area (Å²) in [6.45, 7) is -2.05. The molecule has 2 aromatic rings. The molecule has 0 aliphatic heterocycles. The number of anilines is 1. The molecule has 0 aromatic heterocycles. The zero-order chi connectivity index (χ0) is 19.1. The monoisotopic (exact) mass is 385 g/mol. The first-order valence-electron chi connectivity index (χ1n) is 7.86. The van der Waals surface area contributed by atoms with Gasteiger partial charge in [-0.25, -0.2) is 0 Å². The fourth-order valence-corrected chi connectivity index (χ4v) is 2.68. The van der Waals surface area contributed by atoms with Crippen LogP contribution in [-0.4, -0.2) is 33.2 Å². The Morgan fingerprint density at radius 1 is 1.23 bits per heavy atom. The molecule has 2 aromatic carbocycles. The van der Waals surface area contributed by atoms with Crippen LogP contribution in [0.2, 0.25) is 5.02 Å². The summed E-state index contributed by atoms with van der Waals surface area (Å²) in [4.78, 5) is 13.1. The Morgan fingerprint density at radius 3 is 2.50 bits per heavy atom. The lowest BCUT2D eigenvalue weighted by Crippen LogP contribution is -3.08. The van der Waals surface area contributed by atoms with Gasteiger partial charge >= 0.3 is 6.61 Å². The maximum atomic E-state index is 12.1. The minimum absolute atomic E-state index is 0.107. The van der Waals surface area contributed by atoms with Crippen LogP contribution < -0.4 is 19.7 Å². The van der Waals surface area contributed by atoms with Crippen molar-refractivity contribution in [3.8, 4) is 11.5 Å². The van der Waals surface area contributed by atoms with Crippen LogP contribution in [0.25, 0.3) is 0 Å². The lowest BCUT2D eigenvalue weighted by molar-refractivity contribution is -0.885. The number of hydrogen-bond acceptors (Lipinski definition) is 3. The number of methoxy groups -OCH3 is 1. The summed E-state index contributed by atoms with van der Waals surface area (Å²) in [7, 11) is 3.38. The van der Waals surface area contributed by atoms with E-state index in [2.05, 4.69) is 10.1 Å². The van der Waals surface area contributed by atoms with Gasteiger partial charge in [0.1, 0.15) is 18.0 Å². The molecule has 8 heteroatoms. The Kier molecular flexibility index (Phi) is 7.17. The number of quaternary nitrogens is 1. The van der Waals surface area contributed by atoms with E-state index in [1.807, 2.05) is 7.05 Å². The number of carbonyl (C=O) groups excluding carboxylic acids is 1. The van der Waals surface area contributed by atoms with Crippen molar-refractivity contribution in [2.24, 2.45) is 0 Å². The fraction of sp³-hybridized carbons (Fsp3) is 0.278. The van der Waals surface area contributed by atoms with Crippen molar-refractivity contribution in [1.82, 2.24) is 0 Å². The van der Waals surface area contributed by atoms with E-state index in [9.17, 15) is 13.6 Å². The average molecular weight is 386 g/mol. The molecule has 0 bridgehead atoms. The number of benzene rings is 2. The van der Waals surface area contributed by atoms with Crippen LogP contribution >= 0.6 is 11.6 Å². The van der Waals surface area contributed by atoms with Gasteiger partial charge in [-0.2, -0.15) is 8.78 Å². The van der Waals surface area contributed by atoms with Gasteiger partial charge < -0.3 is 19.7 Å². The summed E-state index contributed by atoms with van der Waals surface area (Å²) in [6.07, 6.45) is 0. The molecule has 26 heavy (non-hydrogen) atoms. The molecule has 0 radical (unpaired) electrons. The van der Waals surface area contributed by atoms with Crippen molar-refractivity contribution in [3.05, 3.63) is 53.1 Å². The summed E-state index contributed by atoms with van der Waals surface area (Å²) in [5.74, 6) is 0.476. The van der Waals surface area contributed by atoms with Crippen LogP contribution in [-0.2, 0) is 11.3 Å². The van der Waals surface area contributed by atoms with E-state index in [-0.39, 0.29) is 18.2 Å². The van der Waals surface area contributed by atoms with Crippen LogP contribution in [0.5, 0.6) is 11.5 Å². The zero-order valence-electron chi connectivity index (χ0n) is 14.4. The number of ether oxygens (including phenoxy) is 2. The first-order valence-corrected chi connectivity index (χ1v) is 8.23. The van der Waals surface area contributed by atoms with Gasteiger partial charge in [0.2, 0.25) is 0 Å². The number of rotatable bonds is 8. The molecule has 2 N–H and O–H groups in total. The molecule has 0 saturated carbocycles. The van der Waals surface area contributed by atoms with Gasteiger partial charge in [0.05, 0.1) is 19.2 Å². The van der Waals surface area contributed by atoms with Crippen LogP contribution in [0.15, 0.2) is 42.5 Å². The molecular formula is C18H20ClF2N2O3+. The standard InChI is InChI=1S/C18H19ClF2N2O3/c1-23(10-12-3-6-14(7-4-12)26-18(20)21)11-17(24)22-13-5-8-16(25-2)15(19)9-13/h3-9,18H,10-11H2,1-2H3,(H,22,24)/p+1. The van der Waals surface area contributed by atoms with Gasteiger partial charge in [-0.1, -0.05) is 11.6 Å². The third kappa shape index (κ3) is 6.16. The zero-order valence-corrected chi connectivity index (χ0v) is 15.1. The van der Waals surface area contributed by atoms with E-state index < -0.39 is 6.61 Å². The van der Waals surface area contributed by atoms with Gasteiger partial charge in [0.25, 0.3) is 5.91 Å². The maximum Gasteiger partial charge on any atom is 0.387 e. The molecule has 1 amide bonds. The summed E-state index contributed by atoms with van der Waals surface area (Å²) < 4.78 is 33.6. The van der Waals surface area contributed by atoms with Gasteiger partial charge in [-0.05, 0) is 42.5 Å². The number of amides is 1. The predicted molar refractivity (Wildman–Crippen MR) is 95.2 cm³/mol. The van der Waals surface area contributed by atoms with Gasteiger partial charge in [-0.15, -0.1) is 0 Å². The second-order valence-corrected chi connectivity index (χ2v) is 6.14. The molecule has 0 aliphatic carbocycles. The molecule has 5 nitrogen and oxygen atoms in total. The molecule has 0 saturated heterocycles. The van der Waals surface area contributed by atoms with Gasteiger partial charge in [0.15, 0.2) is 6.54 Å². The number of nitrogens with one attached hydrogen (secondary N) is 2. The summed E-state index contributed by atoms with van der Waals surface area (Å²) in [6, 6.07) is 11.4. The van der Waals surface area contributed by atoms with E-state index in [1.165, 1.54) is 19.2 Å². The van der Waals surface area contributed by atoms with E-state index in [0.29, 0.717) is 23.0 Å². The lowest BCUT2D eigenvalue weighted by atomic mass is 10.2. The first-order chi connectivity index (χ1) is 12.4. The van der Waals surface area contributed by atoms with Crippen molar-refractivity contribution < 1.29 is 27.9 Å². The molecule has 0 spiro atoms. The Balaban J connectivity index is 1.85. The number of alkyl halides is 2. The Bertz CT molecular complexity index is 742. The molecule has 0 heterocycles. The molecule has 1 atom stereocenters. The van der Waals surface area contributed by atoms with Gasteiger partial charge in [-0.3, -0.25) is 4.79 Å². The molecule has 1 unspecified atom stereocenters. The van der Waals surface area contributed by atoms with Crippen molar-refractivity contribution in [2.45, 2.75) is 13.2 Å². The second-order valence-electron chi connectivity index (χ2n) is 5.73. The third-order valence-electron chi connectivity index (χ3n) is 3.55. The van der Waals surface area contributed by atoms with Crippen LogP contribution in [0.3, 0.4) is 0 Å². The molecule has 140 valence electrons. The predicted octanol–water partition coefficient (Wildman–Crippen LogP) is 2.60. The topological polar surface area (TPSA) is 52.0 Å². The van der Waals surface area contributed by atoms with E-state index in [0.717, 1.165) is 10.5 Å². The number of carbonyl (C=O) groups is 1. The van der Waals surface area contributed by atoms with Crippen molar-refractivity contribution in [3.63, 3.8) is 0 Å². The third-order valence-corrected chi connectivity index (χ3v) is 3.85. The van der Waals surface area contributed by atoms with E-state index >= 15 is 0 Å². The van der Waals surface area contributed by atoms with Crippen LogP contribution in [0.4, 0.5) is 14.5 Å². The van der Waals surface area contributed by atoms with Gasteiger partial charge in [0, 0.05) is 11.3 Å².